The summed E-state index contributed by atoms with van der Waals surface area (Å²) in [5, 5.41) is 9.73. The highest BCUT2D eigenvalue weighted by atomic mass is 31.0. The summed E-state index contributed by atoms with van der Waals surface area (Å²) in [6.45, 7) is 11.5. The van der Waals surface area contributed by atoms with Gasteiger partial charge in [-0.2, -0.15) is 13.8 Å². The highest BCUT2D eigenvalue weighted by molar-refractivity contribution is 7.18. The van der Waals surface area contributed by atoms with Crippen molar-refractivity contribution in [3.63, 3.8) is 0 Å². The predicted octanol–water partition coefficient (Wildman–Crippen LogP) is 6.87. The van der Waals surface area contributed by atoms with Crippen LogP contribution >= 0.6 is 9.24 Å². The average molecular weight is 556 g/mol. The van der Waals surface area contributed by atoms with Crippen molar-refractivity contribution < 1.29 is 27.4 Å². The van der Waals surface area contributed by atoms with Crippen molar-refractivity contribution in [3.05, 3.63) is 75.0 Å². The van der Waals surface area contributed by atoms with Gasteiger partial charge in [0.15, 0.2) is 11.6 Å². The lowest BCUT2D eigenvalue weighted by molar-refractivity contribution is -0.240. The van der Waals surface area contributed by atoms with Crippen LogP contribution in [0.2, 0.25) is 0 Å². The summed E-state index contributed by atoms with van der Waals surface area (Å²) >= 11 is 0. The minimum Gasteiger partial charge on any atom is -0.505 e. The Kier molecular flexibility index (Phi) is 10.3. The van der Waals surface area contributed by atoms with E-state index in [1.807, 2.05) is 27.7 Å². The van der Waals surface area contributed by atoms with Crippen molar-refractivity contribution in [3.8, 4) is 11.5 Å². The van der Waals surface area contributed by atoms with E-state index in [1.165, 1.54) is 34.4 Å². The first-order valence-corrected chi connectivity index (χ1v) is 13.0. The summed E-state index contributed by atoms with van der Waals surface area (Å²) in [4.78, 5) is 16.5. The van der Waals surface area contributed by atoms with Gasteiger partial charge in [0.1, 0.15) is 5.75 Å². The van der Waals surface area contributed by atoms with Crippen LogP contribution in [-0.4, -0.2) is 26.2 Å². The Morgan fingerprint density at radius 2 is 1.82 bits per heavy atom. The Morgan fingerprint density at radius 3 is 2.42 bits per heavy atom. The van der Waals surface area contributed by atoms with E-state index in [4.69, 9.17) is 4.74 Å². The molecular weight excluding hydrogens is 521 g/mol. The van der Waals surface area contributed by atoms with Crippen LogP contribution in [0.4, 0.5) is 29.2 Å². The Hall–Kier alpha value is -3.13. The number of phenols is 1. The lowest BCUT2D eigenvalue weighted by Crippen LogP contribution is -2.48. The van der Waals surface area contributed by atoms with E-state index >= 15 is 0 Å². The number of nitrogens with zero attached hydrogens (tertiary/aromatic N) is 2. The van der Waals surface area contributed by atoms with E-state index in [-0.39, 0.29) is 29.4 Å². The number of hydrogen-bond acceptors (Lipinski definition) is 5. The van der Waals surface area contributed by atoms with E-state index in [9.17, 15) is 27.5 Å². The summed E-state index contributed by atoms with van der Waals surface area (Å²) < 4.78 is 62.4. The second kappa shape index (κ2) is 12.6. The lowest BCUT2D eigenvalue weighted by Gasteiger charge is -2.36. The summed E-state index contributed by atoms with van der Waals surface area (Å²) in [6.07, 6.45) is -2.59. The van der Waals surface area contributed by atoms with Gasteiger partial charge in [0.2, 0.25) is 11.4 Å². The zero-order chi connectivity index (χ0) is 28.8. The number of aromatic hydroxyl groups is 1. The summed E-state index contributed by atoms with van der Waals surface area (Å²) in [5.41, 5.74) is 1.40. The first kappa shape index (κ1) is 31.1. The van der Waals surface area contributed by atoms with Crippen molar-refractivity contribution in [1.82, 2.24) is 9.55 Å². The van der Waals surface area contributed by atoms with Gasteiger partial charge < -0.3 is 19.7 Å². The van der Waals surface area contributed by atoms with Gasteiger partial charge in [0, 0.05) is 29.4 Å². The SMILES string of the molecule is CC.CC.CCc1cn(Cc2ccc(F)c(O)c2)c(Nc2ccc3c(c2C)OC(F)(F)C(F)(P)C3)nc1=O. The quantitative estimate of drug-likeness (QED) is 0.265. The molecule has 11 heteroatoms. The van der Waals surface area contributed by atoms with Gasteiger partial charge >= 0.3 is 6.11 Å². The van der Waals surface area contributed by atoms with Gasteiger partial charge in [-0.05, 0) is 42.7 Å². The summed E-state index contributed by atoms with van der Waals surface area (Å²) in [5.74, 6) is -1.33. The van der Waals surface area contributed by atoms with Crippen LogP contribution in [0.25, 0.3) is 0 Å². The first-order valence-electron chi connectivity index (χ1n) is 12.4. The van der Waals surface area contributed by atoms with Gasteiger partial charge in [-0.1, -0.05) is 56.0 Å². The molecule has 2 atom stereocenters. The summed E-state index contributed by atoms with van der Waals surface area (Å²) in [7, 11) is 1.51. The van der Waals surface area contributed by atoms with Crippen LogP contribution in [-0.2, 0) is 19.4 Å². The molecule has 0 amide bonds. The molecule has 0 aliphatic carbocycles. The number of halogens is 4. The van der Waals surface area contributed by atoms with Gasteiger partial charge in [0.25, 0.3) is 5.56 Å². The standard InChI is InChI=1S/C23H22F4N3O3P.2C2H6/c1-3-14-11-30(10-13-4-6-16(24)18(31)8-13)21(29-20(14)32)28-17-7-5-15-9-22(25,34)23(26,27)33-19(15)12(17)2;2*1-2/h4-8,11,31H,3,9-10,34H2,1-2H3,(H,28,29,32);2*1-2H3. The number of benzene rings is 2. The fourth-order valence-corrected chi connectivity index (χ4v) is 4.01. The number of nitrogens with one attached hydrogen (secondary N) is 1. The zero-order valence-electron chi connectivity index (χ0n) is 22.3. The van der Waals surface area contributed by atoms with Crippen molar-refractivity contribution in [2.75, 3.05) is 5.32 Å². The maximum absolute atomic E-state index is 14.3. The molecule has 2 unspecified atom stereocenters. The molecule has 208 valence electrons. The molecule has 0 fully saturated rings. The number of aromatic nitrogens is 2. The Bertz CT molecular complexity index is 1330. The topological polar surface area (TPSA) is 76.4 Å². The largest absolute Gasteiger partial charge is 0.505 e. The van der Waals surface area contributed by atoms with Gasteiger partial charge in [-0.15, -0.1) is 0 Å². The van der Waals surface area contributed by atoms with Crippen molar-refractivity contribution in [2.45, 2.75) is 72.4 Å². The highest BCUT2D eigenvalue weighted by Crippen LogP contribution is 2.50. The van der Waals surface area contributed by atoms with Crippen LogP contribution in [0.5, 0.6) is 11.5 Å². The van der Waals surface area contributed by atoms with Crippen LogP contribution in [0.1, 0.15) is 56.9 Å². The van der Waals surface area contributed by atoms with Crippen LogP contribution in [0.3, 0.4) is 0 Å². The smallest absolute Gasteiger partial charge is 0.436 e. The highest BCUT2D eigenvalue weighted by Gasteiger charge is 2.57. The molecular formula is C27H34F4N3O3P. The first-order chi connectivity index (χ1) is 17.9. The second-order valence-electron chi connectivity index (χ2n) is 8.17. The molecule has 0 bridgehead atoms. The fourth-order valence-electron chi connectivity index (χ4n) is 3.73. The number of ether oxygens (including phenoxy) is 1. The maximum atomic E-state index is 14.3. The molecule has 2 aromatic carbocycles. The molecule has 3 aromatic rings. The molecule has 1 aromatic heterocycles. The third-order valence-corrected chi connectivity index (χ3v) is 6.25. The molecule has 2 N–H and O–H groups in total. The van der Waals surface area contributed by atoms with Crippen molar-refractivity contribution in [1.29, 1.82) is 0 Å². The van der Waals surface area contributed by atoms with Crippen LogP contribution < -0.4 is 15.6 Å². The minimum absolute atomic E-state index is 0.0996. The van der Waals surface area contributed by atoms with E-state index in [0.29, 0.717) is 23.2 Å². The minimum atomic E-state index is -4.04. The third kappa shape index (κ3) is 6.46. The maximum Gasteiger partial charge on any atom is 0.436 e. The van der Waals surface area contributed by atoms with Crippen LogP contribution in [0, 0.1) is 12.7 Å². The number of anilines is 2. The molecule has 0 saturated carbocycles. The molecule has 38 heavy (non-hydrogen) atoms. The number of aryl methyl sites for hydroxylation is 1. The van der Waals surface area contributed by atoms with Gasteiger partial charge in [0.05, 0.1) is 6.54 Å². The predicted molar refractivity (Wildman–Crippen MR) is 145 cm³/mol. The molecule has 6 nitrogen and oxygen atoms in total. The monoisotopic (exact) mass is 555 g/mol. The number of alkyl halides is 3. The second-order valence-corrected chi connectivity index (χ2v) is 9.09. The molecule has 1 aliphatic heterocycles. The normalized spacial score (nSPS) is 17.1. The van der Waals surface area contributed by atoms with Gasteiger partial charge in [-0.25, -0.2) is 8.78 Å². The van der Waals surface area contributed by atoms with E-state index in [2.05, 4.69) is 10.3 Å². The van der Waals surface area contributed by atoms with Crippen molar-refractivity contribution >= 4 is 20.9 Å². The van der Waals surface area contributed by atoms with E-state index in [0.717, 1.165) is 6.07 Å². The molecule has 0 radical (unpaired) electrons. The molecule has 4 rings (SSSR count). The summed E-state index contributed by atoms with van der Waals surface area (Å²) in [6, 6.07) is 6.90. The number of fused-ring (bicyclic) bond motifs is 1. The zero-order valence-corrected chi connectivity index (χ0v) is 23.5. The third-order valence-electron chi connectivity index (χ3n) is 5.71. The lowest BCUT2D eigenvalue weighted by atomic mass is 9.99. The van der Waals surface area contributed by atoms with E-state index in [1.54, 1.807) is 23.8 Å². The average Bonchev–Trinajstić information content (AvgIpc) is 2.88. The Morgan fingerprint density at radius 1 is 1.16 bits per heavy atom. The van der Waals surface area contributed by atoms with Crippen molar-refractivity contribution in [2.24, 2.45) is 0 Å². The molecule has 1 aliphatic rings. The van der Waals surface area contributed by atoms with E-state index < -0.39 is 35.1 Å². The molecule has 0 spiro atoms. The molecule has 0 saturated heterocycles. The molecule has 2 heterocycles. The number of phenolic OH excluding ortho intramolecular Hbond substituents is 1. The van der Waals surface area contributed by atoms with Crippen LogP contribution in [0.15, 0.2) is 41.3 Å². The fraction of sp³-hybridized carbons (Fsp3) is 0.407. The van der Waals surface area contributed by atoms with Gasteiger partial charge in [-0.3, -0.25) is 4.79 Å². The number of hydrogen-bond donors (Lipinski definition) is 2. The Balaban J connectivity index is 0.00000121. The Labute approximate surface area is 222 Å². The number of rotatable bonds is 5.